The molecule has 2 unspecified atom stereocenters. The third-order valence-electron chi connectivity index (χ3n) is 12.2. The molecule has 0 radical (unpaired) electrons. The van der Waals surface area contributed by atoms with Crippen LogP contribution in [0.1, 0.15) is 81.2 Å². The SMILES string of the molecule is Cc1ccccc1-c1cccc2c1C=C(CC(C)C)[CH]2[Zr]([c]1cccc2c1[SiH2]c1ccccc1-2)[CH]1C(CC(C)C)=Cc2c(-c3ccccc3C)cccc21. The Morgan fingerprint density at radius 1 is 0.481 bits per heavy atom. The summed E-state index contributed by atoms with van der Waals surface area (Å²) in [5.41, 5.74) is 20.9. The number of hydrogen-bond acceptors (Lipinski definition) is 0. The number of allylic oxidation sites excluding steroid dienone is 2. The molecule has 0 nitrogen and oxygen atoms in total. The standard InChI is InChI=1S/2C20H21.C12H9Si.Zr/c2*1-14(2)11-16-12-17-8-6-10-19(20(17)13-16)18-9-5-4-7-15(18)3;1-3-7-11-9(5-1)10-6-2-4-8-12(10)13-11;/h2*4-10,12-14H,11H2,1-3H3;1-7H,13H2;. The van der Waals surface area contributed by atoms with Crippen molar-refractivity contribution < 1.29 is 21.8 Å². The molecule has 54 heavy (non-hydrogen) atoms. The molecule has 1 aliphatic heterocycles. The van der Waals surface area contributed by atoms with Crippen LogP contribution in [0.15, 0.2) is 139 Å². The fourth-order valence-corrected chi connectivity index (χ4v) is 24.0. The topological polar surface area (TPSA) is 0 Å². The predicted molar refractivity (Wildman–Crippen MR) is 233 cm³/mol. The van der Waals surface area contributed by atoms with Crippen LogP contribution in [0.3, 0.4) is 0 Å². The summed E-state index contributed by atoms with van der Waals surface area (Å²) >= 11 is -2.86. The van der Waals surface area contributed by atoms with Gasteiger partial charge in [-0.25, -0.2) is 0 Å². The summed E-state index contributed by atoms with van der Waals surface area (Å²) in [5.74, 6) is 1.18. The average Bonchev–Trinajstić information content (AvgIpc) is 3.84. The van der Waals surface area contributed by atoms with Crippen molar-refractivity contribution in [1.82, 2.24) is 0 Å². The van der Waals surface area contributed by atoms with Gasteiger partial charge in [0.25, 0.3) is 0 Å². The molecule has 2 aliphatic carbocycles. The van der Waals surface area contributed by atoms with Gasteiger partial charge < -0.3 is 0 Å². The van der Waals surface area contributed by atoms with Crippen LogP contribution in [0.4, 0.5) is 0 Å². The summed E-state index contributed by atoms with van der Waals surface area (Å²) in [6.07, 6.45) is 7.66. The Morgan fingerprint density at radius 2 is 0.926 bits per heavy atom. The van der Waals surface area contributed by atoms with Gasteiger partial charge in [0.1, 0.15) is 0 Å². The molecule has 6 aromatic carbocycles. The second-order valence-electron chi connectivity index (χ2n) is 16.9. The van der Waals surface area contributed by atoms with E-state index >= 15 is 0 Å². The van der Waals surface area contributed by atoms with Crippen molar-refractivity contribution in [1.29, 1.82) is 0 Å². The van der Waals surface area contributed by atoms with Gasteiger partial charge in [-0.3, -0.25) is 0 Å². The fraction of sp³-hybridized carbons (Fsp3) is 0.231. The van der Waals surface area contributed by atoms with Gasteiger partial charge in [-0.05, 0) is 0 Å². The molecule has 0 saturated heterocycles. The van der Waals surface area contributed by atoms with Crippen molar-refractivity contribution in [2.24, 2.45) is 11.8 Å². The molecule has 3 aliphatic rings. The molecule has 6 aromatic rings. The first-order valence-electron chi connectivity index (χ1n) is 20.1. The Morgan fingerprint density at radius 3 is 1.44 bits per heavy atom. The van der Waals surface area contributed by atoms with Crippen LogP contribution in [0, 0.1) is 25.7 Å². The van der Waals surface area contributed by atoms with E-state index in [9.17, 15) is 0 Å². The van der Waals surface area contributed by atoms with Gasteiger partial charge >= 0.3 is 336 Å². The molecule has 0 aromatic heterocycles. The normalized spacial score (nSPS) is 17.0. The summed E-state index contributed by atoms with van der Waals surface area (Å²) in [6, 6.07) is 49.5. The summed E-state index contributed by atoms with van der Waals surface area (Å²) in [4.78, 5) is 0. The third-order valence-corrected chi connectivity index (χ3v) is 24.3. The zero-order chi connectivity index (χ0) is 37.1. The van der Waals surface area contributed by atoms with E-state index in [2.05, 4.69) is 181 Å². The van der Waals surface area contributed by atoms with Crippen molar-refractivity contribution >= 4 is 35.3 Å². The Hall–Kier alpha value is -4.10. The Labute approximate surface area is 333 Å². The molecule has 0 spiro atoms. The minimum atomic E-state index is -2.86. The quantitative estimate of drug-likeness (QED) is 0.128. The van der Waals surface area contributed by atoms with E-state index in [1.165, 1.54) is 55.6 Å². The van der Waals surface area contributed by atoms with Crippen LogP contribution in [0.25, 0.3) is 45.5 Å². The second kappa shape index (κ2) is 14.5. The number of hydrogen-bond donors (Lipinski definition) is 0. The molecule has 0 saturated carbocycles. The summed E-state index contributed by atoms with van der Waals surface area (Å²) in [5, 5.41) is 3.38. The molecule has 2 atom stereocenters. The fourth-order valence-electron chi connectivity index (χ4n) is 10.1. The Balaban J connectivity index is 1.32. The number of fused-ring (bicyclic) bond motifs is 5. The van der Waals surface area contributed by atoms with Crippen LogP contribution in [0.2, 0.25) is 0 Å². The number of benzene rings is 6. The van der Waals surface area contributed by atoms with Gasteiger partial charge in [0.05, 0.1) is 0 Å². The Bertz CT molecular complexity index is 2350. The van der Waals surface area contributed by atoms with E-state index in [1.54, 1.807) is 35.9 Å². The van der Waals surface area contributed by atoms with Crippen LogP contribution in [-0.2, 0) is 21.8 Å². The first-order chi connectivity index (χ1) is 26.3. The van der Waals surface area contributed by atoms with Crippen LogP contribution in [-0.4, -0.2) is 9.52 Å². The molecule has 2 heteroatoms. The zero-order valence-electron chi connectivity index (χ0n) is 32.7. The molecule has 0 fully saturated rings. The van der Waals surface area contributed by atoms with Crippen molar-refractivity contribution in [3.05, 3.63) is 172 Å². The monoisotopic (exact) mass is 793 g/mol. The van der Waals surface area contributed by atoms with Gasteiger partial charge in [-0.2, -0.15) is 0 Å². The Kier molecular flexibility index (Phi) is 9.57. The van der Waals surface area contributed by atoms with Gasteiger partial charge in [0.15, 0.2) is 0 Å². The van der Waals surface area contributed by atoms with Crippen LogP contribution in [0.5, 0.6) is 0 Å². The van der Waals surface area contributed by atoms with E-state index in [4.69, 9.17) is 0 Å². The van der Waals surface area contributed by atoms with Crippen LogP contribution >= 0.6 is 0 Å². The maximum absolute atomic E-state index is 2.86. The second-order valence-corrected chi connectivity index (χ2v) is 25.1. The molecule has 9 rings (SSSR count). The van der Waals surface area contributed by atoms with Gasteiger partial charge in [0, 0.05) is 0 Å². The van der Waals surface area contributed by atoms with E-state index in [0.717, 1.165) is 12.8 Å². The summed E-state index contributed by atoms with van der Waals surface area (Å²) in [6.45, 7) is 14.3. The van der Waals surface area contributed by atoms with E-state index in [0.29, 0.717) is 19.1 Å². The molecule has 0 bridgehead atoms. The summed E-state index contributed by atoms with van der Waals surface area (Å²) in [7, 11) is -0.614. The molecule has 267 valence electrons. The van der Waals surface area contributed by atoms with E-state index < -0.39 is 31.3 Å². The van der Waals surface area contributed by atoms with Crippen molar-refractivity contribution in [3.8, 4) is 33.4 Å². The first-order valence-corrected chi connectivity index (χ1v) is 25.6. The molecular weight excluding hydrogens is 744 g/mol. The molecular formula is C52H51SiZr. The third kappa shape index (κ3) is 6.15. The number of aryl methyl sites for hydroxylation is 2. The van der Waals surface area contributed by atoms with E-state index in [1.807, 2.05) is 0 Å². The van der Waals surface area contributed by atoms with Crippen molar-refractivity contribution in [2.75, 3.05) is 0 Å². The van der Waals surface area contributed by atoms with Crippen LogP contribution < -0.4 is 13.6 Å². The van der Waals surface area contributed by atoms with Gasteiger partial charge in [0.2, 0.25) is 0 Å². The first kappa shape index (κ1) is 35.6. The average molecular weight is 795 g/mol. The van der Waals surface area contributed by atoms with Crippen molar-refractivity contribution in [2.45, 2.75) is 61.6 Å². The predicted octanol–water partition coefficient (Wildman–Crippen LogP) is 11.3. The van der Waals surface area contributed by atoms with Gasteiger partial charge in [-0.1, -0.05) is 0 Å². The number of rotatable bonds is 9. The van der Waals surface area contributed by atoms with Crippen molar-refractivity contribution in [3.63, 3.8) is 0 Å². The van der Waals surface area contributed by atoms with Gasteiger partial charge in [-0.15, -0.1) is 0 Å². The zero-order valence-corrected chi connectivity index (χ0v) is 36.6. The summed E-state index contributed by atoms with van der Waals surface area (Å²) < 4.78 is 2.75. The minimum absolute atomic E-state index is 0.478. The molecule has 0 amide bonds. The molecule has 1 heterocycles. The van der Waals surface area contributed by atoms with E-state index in [-0.39, 0.29) is 0 Å². The molecule has 0 N–H and O–H groups in total. The maximum atomic E-state index is 2.68.